The number of ketones is 5. The highest BCUT2D eigenvalue weighted by Crippen LogP contribution is 2.31. The zero-order valence-electron chi connectivity index (χ0n) is 40.0. The number of carboxylic acid groups (broad SMARTS) is 1. The second-order valence-corrected chi connectivity index (χ2v) is 17.9. The third kappa shape index (κ3) is 15.9. The molecule has 5 N–H and O–H groups in total. The van der Waals surface area contributed by atoms with Gasteiger partial charge in [-0.25, -0.2) is 29.4 Å². The minimum absolute atomic E-state index is 0.0170. The normalized spacial score (nSPS) is 13.9. The molecule has 0 unspecified atom stereocenters. The van der Waals surface area contributed by atoms with Crippen LogP contribution in [0.25, 0.3) is 18.2 Å². The number of nitrogens with zero attached hydrogens (tertiary/aromatic N) is 3. The van der Waals surface area contributed by atoms with Crippen LogP contribution in [0.15, 0.2) is 86.3 Å². The smallest absolute Gasteiger partial charge is 0.413 e. The highest BCUT2D eigenvalue weighted by molar-refractivity contribution is 6.10. The fraction of sp³-hybridized carbons (Fsp3) is 0.314. The van der Waals surface area contributed by atoms with E-state index in [9.17, 15) is 38.4 Å². The number of hydrogen-bond acceptors (Lipinski definition) is 14. The fourth-order valence-electron chi connectivity index (χ4n) is 6.36. The number of alkyl carbamates (subject to hydrolysis) is 2. The van der Waals surface area contributed by atoms with Crippen LogP contribution in [0.3, 0.4) is 0 Å². The van der Waals surface area contributed by atoms with E-state index >= 15 is 0 Å². The third-order valence-electron chi connectivity index (χ3n) is 9.65. The van der Waals surface area contributed by atoms with Crippen LogP contribution in [0.1, 0.15) is 143 Å². The van der Waals surface area contributed by atoms with Crippen LogP contribution in [0.4, 0.5) is 26.7 Å². The molecule has 0 aromatic heterocycles. The van der Waals surface area contributed by atoms with Crippen molar-refractivity contribution in [2.24, 2.45) is 20.7 Å². The molecule has 17 nitrogen and oxygen atoms in total. The summed E-state index contributed by atoms with van der Waals surface area (Å²) in [6.07, 6.45) is 4.48. The van der Waals surface area contributed by atoms with Gasteiger partial charge in [-0.05, 0) is 119 Å². The number of aromatic carboxylic acids is 1. The van der Waals surface area contributed by atoms with Gasteiger partial charge in [0.25, 0.3) is 0 Å². The van der Waals surface area contributed by atoms with Gasteiger partial charge in [-0.2, -0.15) is 0 Å². The first kappa shape index (κ1) is 52.7. The van der Waals surface area contributed by atoms with Crippen LogP contribution < -0.4 is 16.4 Å². The van der Waals surface area contributed by atoms with E-state index in [1.165, 1.54) is 46.8 Å². The highest BCUT2D eigenvalue weighted by Gasteiger charge is 2.23. The number of ether oxygens (including phenoxy) is 2. The molecule has 3 aromatic rings. The molecule has 0 fully saturated rings. The summed E-state index contributed by atoms with van der Waals surface area (Å²) in [5.74, 6) is -0.568. The number of nitrogens with one attached hydrogen (secondary N) is 2. The van der Waals surface area contributed by atoms with Crippen molar-refractivity contribution in [1.29, 1.82) is 0 Å². The van der Waals surface area contributed by atoms with E-state index < -0.39 is 29.4 Å². The van der Waals surface area contributed by atoms with Crippen molar-refractivity contribution in [3.05, 3.63) is 105 Å². The molecule has 3 aliphatic heterocycles. The molecule has 0 saturated heterocycles. The lowest BCUT2D eigenvalue weighted by atomic mass is 10.0. The van der Waals surface area contributed by atoms with Crippen LogP contribution >= 0.6 is 0 Å². The van der Waals surface area contributed by atoms with Crippen LogP contribution in [0, 0.1) is 0 Å². The predicted molar refractivity (Wildman–Crippen MR) is 260 cm³/mol. The highest BCUT2D eigenvalue weighted by atomic mass is 16.6. The Morgan fingerprint density at radius 1 is 0.500 bits per heavy atom. The zero-order valence-corrected chi connectivity index (χ0v) is 40.0. The Hall–Kier alpha value is -7.95. The topological polar surface area (TPSA) is 262 Å². The quantitative estimate of drug-likeness (QED) is 0.169. The third-order valence-corrected chi connectivity index (χ3v) is 9.65. The molecular formula is C51H56N6O11. The second-order valence-electron chi connectivity index (χ2n) is 17.9. The lowest BCUT2D eigenvalue weighted by Crippen LogP contribution is -2.36. The number of fused-ring (bicyclic) bond motifs is 3. The van der Waals surface area contributed by atoms with Gasteiger partial charge < -0.3 is 20.3 Å². The molecule has 0 bridgehead atoms. The summed E-state index contributed by atoms with van der Waals surface area (Å²) in [7, 11) is 0. The number of rotatable bonds is 6. The van der Waals surface area contributed by atoms with Gasteiger partial charge in [0.1, 0.15) is 28.7 Å². The molecule has 0 saturated carbocycles. The molecule has 0 aliphatic carbocycles. The summed E-state index contributed by atoms with van der Waals surface area (Å²) < 4.78 is 10.4. The van der Waals surface area contributed by atoms with Gasteiger partial charge in [0, 0.05) is 63.8 Å². The minimum Gasteiger partial charge on any atom is -0.478 e. The largest absolute Gasteiger partial charge is 0.478 e. The van der Waals surface area contributed by atoms with E-state index in [0.717, 1.165) is 11.1 Å². The number of nitrogens with two attached hydrogens (primary N) is 1. The van der Waals surface area contributed by atoms with Crippen molar-refractivity contribution < 1.29 is 52.9 Å². The first-order valence-electron chi connectivity index (χ1n) is 21.4. The molecule has 0 radical (unpaired) electrons. The Morgan fingerprint density at radius 2 is 0.824 bits per heavy atom. The molecular weight excluding hydrogens is 873 g/mol. The molecule has 3 aromatic carbocycles. The number of amidine groups is 3. The summed E-state index contributed by atoms with van der Waals surface area (Å²) in [4.78, 5) is 106. The standard InChI is InChI=1S/C19H22N2O4.C18H20N2O5.C14H14N2O2/c1-11(22)13-6-7-14-8-15(12(2)23)10-17(20-16(14)9-13)21-18(24)25-19(3,4)5;1-10(21)13-7-11-5-6-12(16(22)23)8-14(11)19-15(9-13)20-17(24)25-18(2,3)4;1-8(17)10-3-4-11-5-12(9(2)18)7-14(15)16-13(11)6-10/h6-9H,10H2,1-5H3,(H,20,21,24);5-8H,9H2,1-4H3,(H,22,23)(H,19,20,24);3-6H,7H2,1-2H3,(H2,15,16). The Balaban J connectivity index is 0.000000226. The average molecular weight is 929 g/mol. The lowest BCUT2D eigenvalue weighted by Gasteiger charge is -2.20. The molecule has 68 heavy (non-hydrogen) atoms. The molecule has 3 aliphatic rings. The Labute approximate surface area is 394 Å². The lowest BCUT2D eigenvalue weighted by molar-refractivity contribution is -0.114. The maximum absolute atomic E-state index is 12.0. The van der Waals surface area contributed by atoms with Crippen LogP contribution in [-0.2, 0) is 23.9 Å². The Kier molecular flexibility index (Phi) is 17.1. The van der Waals surface area contributed by atoms with Crippen molar-refractivity contribution >= 4 is 99.9 Å². The van der Waals surface area contributed by atoms with Gasteiger partial charge in [0.2, 0.25) is 0 Å². The van der Waals surface area contributed by atoms with Crippen molar-refractivity contribution in [2.45, 2.75) is 107 Å². The molecule has 3 heterocycles. The van der Waals surface area contributed by atoms with E-state index in [0.29, 0.717) is 68.6 Å². The summed E-state index contributed by atoms with van der Waals surface area (Å²) >= 11 is 0. The zero-order chi connectivity index (χ0) is 50.8. The number of carbonyl (C=O) groups is 8. The average Bonchev–Trinajstić information content (AvgIpc) is 3.59. The van der Waals surface area contributed by atoms with Crippen molar-refractivity contribution in [1.82, 2.24) is 10.6 Å². The molecule has 0 spiro atoms. The van der Waals surface area contributed by atoms with Gasteiger partial charge in [0.05, 0.1) is 22.6 Å². The second kappa shape index (κ2) is 22.0. The van der Waals surface area contributed by atoms with Gasteiger partial charge in [-0.3, -0.25) is 34.6 Å². The van der Waals surface area contributed by atoms with Gasteiger partial charge in [-0.1, -0.05) is 30.3 Å². The van der Waals surface area contributed by atoms with E-state index in [4.69, 9.17) is 20.3 Å². The Bertz CT molecular complexity index is 2660. The van der Waals surface area contributed by atoms with Crippen LogP contribution in [0.2, 0.25) is 0 Å². The van der Waals surface area contributed by atoms with Crippen molar-refractivity contribution in [2.75, 3.05) is 0 Å². The summed E-state index contributed by atoms with van der Waals surface area (Å²) in [6, 6.07) is 14.7. The van der Waals surface area contributed by atoms with Crippen molar-refractivity contribution in [3.8, 4) is 0 Å². The number of amides is 2. The van der Waals surface area contributed by atoms with Gasteiger partial charge in [0.15, 0.2) is 28.9 Å². The van der Waals surface area contributed by atoms with Gasteiger partial charge in [-0.15, -0.1) is 0 Å². The first-order chi connectivity index (χ1) is 31.6. The number of hydrogen-bond donors (Lipinski definition) is 4. The summed E-state index contributed by atoms with van der Waals surface area (Å²) in [5, 5.41) is 14.3. The van der Waals surface area contributed by atoms with E-state index in [1.807, 2.05) is 0 Å². The monoisotopic (exact) mass is 928 g/mol. The number of carboxylic acids is 1. The maximum atomic E-state index is 12.0. The maximum Gasteiger partial charge on any atom is 0.413 e. The summed E-state index contributed by atoms with van der Waals surface area (Å²) in [6.45, 7) is 17.9. The van der Waals surface area contributed by atoms with Crippen LogP contribution in [-0.4, -0.2) is 80.9 Å². The minimum atomic E-state index is -1.08. The molecule has 356 valence electrons. The van der Waals surface area contributed by atoms with E-state index in [1.54, 1.807) is 102 Å². The number of aliphatic imine (C=N–C) groups is 3. The van der Waals surface area contributed by atoms with E-state index in [-0.39, 0.29) is 53.2 Å². The summed E-state index contributed by atoms with van der Waals surface area (Å²) in [5.41, 5.74) is 10.9. The van der Waals surface area contributed by atoms with Gasteiger partial charge >= 0.3 is 18.2 Å². The molecule has 6 rings (SSSR count). The predicted octanol–water partition coefficient (Wildman–Crippen LogP) is 9.39. The van der Waals surface area contributed by atoms with Crippen molar-refractivity contribution in [3.63, 3.8) is 0 Å². The fourth-order valence-corrected chi connectivity index (χ4v) is 6.36. The molecule has 17 heteroatoms. The molecule has 0 atom stereocenters. The molecule has 2 amide bonds. The number of Topliss-reactive ketones (excluding diaryl/α,β-unsaturated/α-hetero) is 5. The Morgan fingerprint density at radius 3 is 1.15 bits per heavy atom. The SMILES string of the molecule is CC(=O)C1=Cc2ccc(C(=O)O)cc2N=C(NC(=O)OC(C)(C)C)C1.CC(=O)C1=Cc2ccc(C(C)=O)cc2N=C(N)C1.CC(=O)C1=Cc2ccc(C(C)=O)cc2N=C(NC(=O)OC(C)(C)C)C1. The van der Waals surface area contributed by atoms with E-state index in [2.05, 4.69) is 25.6 Å². The number of benzene rings is 3. The number of carbonyl (C=O) groups excluding carboxylic acids is 7. The first-order valence-corrected chi connectivity index (χ1v) is 21.4. The van der Waals surface area contributed by atoms with Crippen LogP contribution in [0.5, 0.6) is 0 Å².